The zero-order chi connectivity index (χ0) is 14.0. The van der Waals surface area contributed by atoms with Crippen LogP contribution in [0.5, 0.6) is 5.75 Å². The number of rotatable bonds is 5. The summed E-state index contributed by atoms with van der Waals surface area (Å²) in [5.41, 5.74) is 6.63. The molecule has 2 N–H and O–H groups in total. The Hall–Kier alpha value is -1.01. The van der Waals surface area contributed by atoms with Gasteiger partial charge < -0.3 is 10.5 Å². The Morgan fingerprint density at radius 1 is 1.25 bits per heavy atom. The zero-order valence-electron chi connectivity index (χ0n) is 10.6. The Kier molecular flexibility index (Phi) is 5.65. The first-order valence-corrected chi connectivity index (χ1v) is 6.10. The van der Waals surface area contributed by atoms with Gasteiger partial charge in [0.15, 0.2) is 0 Å². The number of nitrogens with two attached hydrogens (primary N) is 1. The van der Waals surface area contributed by atoms with Gasteiger partial charge in [-0.05, 0) is 36.5 Å². The number of ether oxygens (including phenoxy) is 1. The van der Waals surface area contributed by atoms with Crippen molar-refractivity contribution in [2.75, 3.05) is 0 Å². The van der Waals surface area contributed by atoms with Gasteiger partial charge in [-0.2, -0.15) is 17.6 Å². The van der Waals surface area contributed by atoms with Crippen molar-refractivity contribution in [3.63, 3.8) is 0 Å². The Bertz CT molecular complexity index is 440. The van der Waals surface area contributed by atoms with Gasteiger partial charge >= 0.3 is 12.5 Å². The van der Waals surface area contributed by atoms with Crippen LogP contribution in [0.3, 0.4) is 0 Å². The number of hydrogen-bond acceptors (Lipinski definition) is 2. The lowest BCUT2D eigenvalue weighted by Crippen LogP contribution is -2.33. The molecule has 0 aromatic heterocycles. The van der Waals surface area contributed by atoms with E-state index in [4.69, 9.17) is 5.73 Å². The third kappa shape index (κ3) is 3.76. The Labute approximate surface area is 120 Å². The monoisotopic (exact) mass is 313 g/mol. The number of hydrogen-bond donors (Lipinski definition) is 1. The fraction of sp³-hybridized carbons (Fsp3) is 0.538. The van der Waals surface area contributed by atoms with Crippen molar-refractivity contribution in [1.82, 2.24) is 0 Å². The second-order valence-electron chi connectivity index (χ2n) is 4.75. The van der Waals surface area contributed by atoms with Crippen LogP contribution >= 0.6 is 12.4 Å². The fourth-order valence-corrected chi connectivity index (χ4v) is 2.06. The molecule has 20 heavy (non-hydrogen) atoms. The van der Waals surface area contributed by atoms with Gasteiger partial charge in [0.1, 0.15) is 5.75 Å². The van der Waals surface area contributed by atoms with E-state index in [1.54, 1.807) is 6.07 Å². The van der Waals surface area contributed by atoms with Crippen molar-refractivity contribution in [1.29, 1.82) is 0 Å². The van der Waals surface area contributed by atoms with Crippen molar-refractivity contribution >= 4 is 12.4 Å². The second kappa shape index (κ2) is 6.63. The SMILES string of the molecule is Cl.N[C@@H](c1cccc(OC(F)(F)C(F)F)c1)C1CCC1. The third-order valence-corrected chi connectivity index (χ3v) is 3.41. The van der Waals surface area contributed by atoms with Crippen molar-refractivity contribution in [2.45, 2.75) is 37.8 Å². The van der Waals surface area contributed by atoms with Gasteiger partial charge in [-0.1, -0.05) is 18.6 Å². The first kappa shape index (κ1) is 17.0. The molecular formula is C13H16ClF4NO. The minimum Gasteiger partial charge on any atom is -0.428 e. The predicted molar refractivity (Wildman–Crippen MR) is 69.5 cm³/mol. The van der Waals surface area contributed by atoms with Crippen LogP contribution in [0, 0.1) is 5.92 Å². The van der Waals surface area contributed by atoms with Crippen molar-refractivity contribution < 1.29 is 22.3 Å². The van der Waals surface area contributed by atoms with E-state index < -0.39 is 12.5 Å². The van der Waals surface area contributed by atoms with Gasteiger partial charge in [-0.25, -0.2) is 0 Å². The largest absolute Gasteiger partial charge is 0.461 e. The van der Waals surface area contributed by atoms with E-state index in [9.17, 15) is 17.6 Å². The first-order valence-electron chi connectivity index (χ1n) is 6.10. The molecule has 1 aromatic carbocycles. The van der Waals surface area contributed by atoms with Gasteiger partial charge in [-0.15, -0.1) is 12.4 Å². The van der Waals surface area contributed by atoms with E-state index in [-0.39, 0.29) is 24.2 Å². The molecule has 1 saturated carbocycles. The molecule has 114 valence electrons. The smallest absolute Gasteiger partial charge is 0.428 e. The molecule has 2 nitrogen and oxygen atoms in total. The molecule has 1 fully saturated rings. The third-order valence-electron chi connectivity index (χ3n) is 3.41. The summed E-state index contributed by atoms with van der Waals surface area (Å²) in [7, 11) is 0. The van der Waals surface area contributed by atoms with E-state index in [1.165, 1.54) is 18.2 Å². The highest BCUT2D eigenvalue weighted by Gasteiger charge is 2.44. The highest BCUT2D eigenvalue weighted by molar-refractivity contribution is 5.85. The Balaban J connectivity index is 0.00000200. The average Bonchev–Trinajstić information content (AvgIpc) is 2.26. The molecule has 0 heterocycles. The van der Waals surface area contributed by atoms with Crippen LogP contribution in [-0.4, -0.2) is 12.5 Å². The minimum atomic E-state index is -4.49. The number of benzene rings is 1. The van der Waals surface area contributed by atoms with Crippen LogP contribution in [0.4, 0.5) is 17.6 Å². The second-order valence-corrected chi connectivity index (χ2v) is 4.75. The van der Waals surface area contributed by atoms with Crippen LogP contribution in [0.1, 0.15) is 30.9 Å². The Morgan fingerprint density at radius 3 is 2.40 bits per heavy atom. The van der Waals surface area contributed by atoms with Crippen molar-refractivity contribution in [3.05, 3.63) is 29.8 Å². The molecule has 0 saturated heterocycles. The van der Waals surface area contributed by atoms with E-state index in [0.29, 0.717) is 11.5 Å². The summed E-state index contributed by atoms with van der Waals surface area (Å²) in [6, 6.07) is 5.42. The molecule has 7 heteroatoms. The summed E-state index contributed by atoms with van der Waals surface area (Å²) in [4.78, 5) is 0. The quantitative estimate of drug-likeness (QED) is 0.829. The predicted octanol–water partition coefficient (Wildman–Crippen LogP) is 4.15. The van der Waals surface area contributed by atoms with Crippen LogP contribution in [0.25, 0.3) is 0 Å². The first-order chi connectivity index (χ1) is 8.90. The molecule has 2 rings (SSSR count). The maximum absolute atomic E-state index is 12.8. The highest BCUT2D eigenvalue weighted by Crippen LogP contribution is 2.37. The molecule has 0 bridgehead atoms. The molecule has 0 radical (unpaired) electrons. The van der Waals surface area contributed by atoms with Crippen LogP contribution in [0.15, 0.2) is 24.3 Å². The van der Waals surface area contributed by atoms with E-state index in [0.717, 1.165) is 19.3 Å². The van der Waals surface area contributed by atoms with Crippen molar-refractivity contribution in [2.24, 2.45) is 11.7 Å². The normalized spacial score (nSPS) is 17.3. The van der Waals surface area contributed by atoms with E-state index in [2.05, 4.69) is 4.74 Å². The lowest BCUT2D eigenvalue weighted by molar-refractivity contribution is -0.253. The summed E-state index contributed by atoms with van der Waals surface area (Å²) >= 11 is 0. The highest BCUT2D eigenvalue weighted by atomic mass is 35.5. The van der Waals surface area contributed by atoms with E-state index in [1.807, 2.05) is 0 Å². The zero-order valence-corrected chi connectivity index (χ0v) is 11.4. The summed E-state index contributed by atoms with van der Waals surface area (Å²) < 4.78 is 53.7. The maximum atomic E-state index is 12.8. The number of halogens is 5. The lowest BCUT2D eigenvalue weighted by atomic mass is 9.77. The molecule has 0 amide bonds. The van der Waals surface area contributed by atoms with Gasteiger partial charge in [0.25, 0.3) is 0 Å². The topological polar surface area (TPSA) is 35.2 Å². The standard InChI is InChI=1S/C13H15F4NO.ClH/c14-12(15)13(16,17)19-10-6-2-5-9(7-10)11(18)8-3-1-4-8;/h2,5-8,11-12H,1,3-4,18H2;1H/t11-;/m1./s1. The summed E-state index contributed by atoms with van der Waals surface area (Å²) in [5, 5.41) is 0. The average molecular weight is 314 g/mol. The molecule has 0 unspecified atom stereocenters. The van der Waals surface area contributed by atoms with Crippen molar-refractivity contribution in [3.8, 4) is 5.75 Å². The van der Waals surface area contributed by atoms with Gasteiger partial charge in [0.2, 0.25) is 0 Å². The van der Waals surface area contributed by atoms with Gasteiger partial charge in [0, 0.05) is 6.04 Å². The molecule has 1 atom stereocenters. The molecule has 0 aliphatic heterocycles. The van der Waals surface area contributed by atoms with E-state index >= 15 is 0 Å². The Morgan fingerprint density at radius 2 is 1.90 bits per heavy atom. The van der Waals surface area contributed by atoms with Crippen LogP contribution in [0.2, 0.25) is 0 Å². The lowest BCUT2D eigenvalue weighted by Gasteiger charge is -2.31. The fourth-order valence-electron chi connectivity index (χ4n) is 2.06. The molecule has 1 aromatic rings. The molecule has 1 aliphatic rings. The molecular weight excluding hydrogens is 298 g/mol. The van der Waals surface area contributed by atoms with Crippen LogP contribution in [-0.2, 0) is 0 Å². The number of alkyl halides is 4. The maximum Gasteiger partial charge on any atom is 0.461 e. The molecule has 0 spiro atoms. The molecule has 1 aliphatic carbocycles. The van der Waals surface area contributed by atoms with Gasteiger partial charge in [-0.3, -0.25) is 0 Å². The summed E-state index contributed by atoms with van der Waals surface area (Å²) in [5.74, 6) is 0.0310. The summed E-state index contributed by atoms with van der Waals surface area (Å²) in [6.45, 7) is 0. The van der Waals surface area contributed by atoms with Crippen LogP contribution < -0.4 is 10.5 Å². The summed E-state index contributed by atoms with van der Waals surface area (Å²) in [6.07, 6.45) is -5.24. The minimum absolute atomic E-state index is 0. The van der Waals surface area contributed by atoms with Gasteiger partial charge in [0.05, 0.1) is 0 Å².